The van der Waals surface area contributed by atoms with Crippen molar-refractivity contribution in [3.63, 3.8) is 0 Å². The summed E-state index contributed by atoms with van der Waals surface area (Å²) >= 11 is 0. The van der Waals surface area contributed by atoms with Gasteiger partial charge in [-0.1, -0.05) is 49.6 Å². The third kappa shape index (κ3) is 3.63. The molecule has 0 spiro atoms. The number of nitrogens with one attached hydrogen (secondary N) is 1. The van der Waals surface area contributed by atoms with Crippen LogP contribution in [0.1, 0.15) is 44.6 Å². The van der Waals surface area contributed by atoms with E-state index in [1.54, 1.807) is 11.0 Å². The largest absolute Gasteiger partial charge is 0.351 e. The monoisotopic (exact) mass is 312 g/mol. The molecule has 1 aliphatic carbocycles. The minimum atomic E-state index is -0.468. The lowest BCUT2D eigenvalue weighted by Crippen LogP contribution is -2.49. The summed E-state index contributed by atoms with van der Waals surface area (Å²) in [5.41, 5.74) is 1.87. The molecular formula is C19H24N2O2. The Morgan fingerprint density at radius 3 is 2.57 bits per heavy atom. The van der Waals surface area contributed by atoms with E-state index in [9.17, 15) is 9.59 Å². The third-order valence-electron chi connectivity index (χ3n) is 4.77. The van der Waals surface area contributed by atoms with E-state index in [0.717, 1.165) is 24.0 Å². The van der Waals surface area contributed by atoms with Crippen LogP contribution in [0.3, 0.4) is 0 Å². The highest BCUT2D eigenvalue weighted by atomic mass is 16.2. The first kappa shape index (κ1) is 15.8. The van der Waals surface area contributed by atoms with Crippen molar-refractivity contribution >= 4 is 11.8 Å². The molecule has 3 rings (SSSR count). The summed E-state index contributed by atoms with van der Waals surface area (Å²) in [5, 5.41) is 3.15. The molecule has 1 aromatic rings. The van der Waals surface area contributed by atoms with Gasteiger partial charge in [-0.3, -0.25) is 9.59 Å². The van der Waals surface area contributed by atoms with Gasteiger partial charge in [0.15, 0.2) is 0 Å². The Labute approximate surface area is 137 Å². The maximum Gasteiger partial charge on any atom is 0.247 e. The predicted molar refractivity (Wildman–Crippen MR) is 89.6 cm³/mol. The van der Waals surface area contributed by atoms with Crippen molar-refractivity contribution in [2.45, 2.75) is 57.7 Å². The molecule has 0 aromatic heterocycles. The smallest absolute Gasteiger partial charge is 0.247 e. The van der Waals surface area contributed by atoms with Gasteiger partial charge in [-0.2, -0.15) is 0 Å². The Morgan fingerprint density at radius 1 is 1.17 bits per heavy atom. The second-order valence-corrected chi connectivity index (χ2v) is 6.59. The van der Waals surface area contributed by atoms with Crippen molar-refractivity contribution < 1.29 is 9.59 Å². The summed E-state index contributed by atoms with van der Waals surface area (Å²) < 4.78 is 0. The van der Waals surface area contributed by atoms with Gasteiger partial charge < -0.3 is 10.2 Å². The summed E-state index contributed by atoms with van der Waals surface area (Å²) in [6.45, 7) is 2.34. The second-order valence-electron chi connectivity index (χ2n) is 6.59. The molecule has 0 radical (unpaired) electrons. The number of nitrogens with zero attached hydrogens (tertiary/aromatic N) is 1. The molecule has 0 saturated heterocycles. The molecule has 1 aliphatic heterocycles. The minimum absolute atomic E-state index is 0.0348. The van der Waals surface area contributed by atoms with Gasteiger partial charge in [0, 0.05) is 18.7 Å². The minimum Gasteiger partial charge on any atom is -0.351 e. The molecular weight excluding hydrogens is 288 g/mol. The molecule has 1 fully saturated rings. The lowest BCUT2D eigenvalue weighted by atomic mass is 9.95. The Balaban J connectivity index is 1.70. The highest BCUT2D eigenvalue weighted by Gasteiger charge is 2.36. The number of hydrogen-bond acceptors (Lipinski definition) is 2. The molecule has 1 atom stereocenters. The Kier molecular flexibility index (Phi) is 4.79. The fraction of sp³-hybridized carbons (Fsp3) is 0.474. The third-order valence-corrected chi connectivity index (χ3v) is 4.77. The topological polar surface area (TPSA) is 49.4 Å². The lowest BCUT2D eigenvalue weighted by Gasteiger charge is -2.29. The standard InChI is InChI=1S/C19H24N2O2/c1-14-12-17(22)21(13-15-8-4-2-5-9-15)18(14)19(23)20-16-10-6-3-7-11-16/h2,4-5,8-9,12,16,18H,3,6-7,10-11,13H2,1H3,(H,20,23). The molecule has 0 bridgehead atoms. The average molecular weight is 312 g/mol. The van der Waals surface area contributed by atoms with E-state index in [-0.39, 0.29) is 17.9 Å². The van der Waals surface area contributed by atoms with Crippen LogP contribution in [0, 0.1) is 0 Å². The highest BCUT2D eigenvalue weighted by Crippen LogP contribution is 2.24. The van der Waals surface area contributed by atoms with E-state index in [0.29, 0.717) is 6.54 Å². The number of amides is 2. The Morgan fingerprint density at radius 2 is 1.87 bits per heavy atom. The van der Waals surface area contributed by atoms with E-state index in [2.05, 4.69) is 5.32 Å². The fourth-order valence-electron chi connectivity index (χ4n) is 3.55. The number of carbonyl (C=O) groups excluding carboxylic acids is 2. The maximum absolute atomic E-state index is 12.7. The zero-order valence-electron chi connectivity index (χ0n) is 13.6. The molecule has 4 heteroatoms. The molecule has 1 saturated carbocycles. The fourth-order valence-corrected chi connectivity index (χ4v) is 3.55. The van der Waals surface area contributed by atoms with Crippen molar-refractivity contribution in [3.8, 4) is 0 Å². The van der Waals surface area contributed by atoms with Gasteiger partial charge in [0.25, 0.3) is 0 Å². The van der Waals surface area contributed by atoms with E-state index in [1.807, 2.05) is 37.3 Å². The zero-order chi connectivity index (χ0) is 16.2. The van der Waals surface area contributed by atoms with Gasteiger partial charge in [0.2, 0.25) is 11.8 Å². The number of carbonyl (C=O) groups is 2. The van der Waals surface area contributed by atoms with Gasteiger partial charge in [-0.15, -0.1) is 0 Å². The van der Waals surface area contributed by atoms with Gasteiger partial charge in [0.05, 0.1) is 0 Å². The average Bonchev–Trinajstić information content (AvgIpc) is 2.83. The first-order valence-electron chi connectivity index (χ1n) is 8.48. The van der Waals surface area contributed by atoms with Crippen LogP contribution in [-0.2, 0) is 16.1 Å². The van der Waals surface area contributed by atoms with Gasteiger partial charge in [-0.05, 0) is 30.9 Å². The van der Waals surface area contributed by atoms with Crippen LogP contribution in [0.5, 0.6) is 0 Å². The van der Waals surface area contributed by atoms with Crippen molar-refractivity contribution in [2.75, 3.05) is 0 Å². The summed E-state index contributed by atoms with van der Waals surface area (Å²) in [6.07, 6.45) is 7.30. The molecule has 2 aliphatic rings. The Bertz CT molecular complexity index is 603. The van der Waals surface area contributed by atoms with Crippen molar-refractivity contribution in [2.24, 2.45) is 0 Å². The molecule has 1 N–H and O–H groups in total. The molecule has 4 nitrogen and oxygen atoms in total. The van der Waals surface area contributed by atoms with E-state index >= 15 is 0 Å². The lowest BCUT2D eigenvalue weighted by molar-refractivity contribution is -0.135. The first-order valence-corrected chi connectivity index (χ1v) is 8.48. The van der Waals surface area contributed by atoms with E-state index < -0.39 is 6.04 Å². The molecule has 1 heterocycles. The number of hydrogen-bond donors (Lipinski definition) is 1. The van der Waals surface area contributed by atoms with Crippen molar-refractivity contribution in [1.82, 2.24) is 10.2 Å². The van der Waals surface area contributed by atoms with Gasteiger partial charge in [-0.25, -0.2) is 0 Å². The summed E-state index contributed by atoms with van der Waals surface area (Å²) in [7, 11) is 0. The van der Waals surface area contributed by atoms with Crippen LogP contribution < -0.4 is 5.32 Å². The Hall–Kier alpha value is -2.10. The summed E-state index contributed by atoms with van der Waals surface area (Å²) in [5.74, 6) is -0.109. The van der Waals surface area contributed by atoms with Crippen LogP contribution >= 0.6 is 0 Å². The van der Waals surface area contributed by atoms with Gasteiger partial charge >= 0.3 is 0 Å². The molecule has 23 heavy (non-hydrogen) atoms. The quantitative estimate of drug-likeness (QED) is 0.929. The van der Waals surface area contributed by atoms with Crippen LogP contribution in [0.4, 0.5) is 0 Å². The maximum atomic E-state index is 12.7. The van der Waals surface area contributed by atoms with Crippen LogP contribution in [0.2, 0.25) is 0 Å². The second kappa shape index (κ2) is 6.99. The van der Waals surface area contributed by atoms with Crippen molar-refractivity contribution in [3.05, 3.63) is 47.5 Å². The van der Waals surface area contributed by atoms with Gasteiger partial charge in [0.1, 0.15) is 6.04 Å². The molecule has 1 aromatic carbocycles. The van der Waals surface area contributed by atoms with Crippen molar-refractivity contribution in [1.29, 1.82) is 0 Å². The molecule has 2 amide bonds. The van der Waals surface area contributed by atoms with E-state index in [1.165, 1.54) is 19.3 Å². The van der Waals surface area contributed by atoms with Crippen LogP contribution in [-0.4, -0.2) is 28.8 Å². The number of rotatable bonds is 4. The van der Waals surface area contributed by atoms with Crippen LogP contribution in [0.15, 0.2) is 42.0 Å². The zero-order valence-corrected chi connectivity index (χ0v) is 13.6. The van der Waals surface area contributed by atoms with E-state index in [4.69, 9.17) is 0 Å². The summed E-state index contributed by atoms with van der Waals surface area (Å²) in [4.78, 5) is 26.7. The first-order chi connectivity index (χ1) is 11.1. The summed E-state index contributed by atoms with van der Waals surface area (Å²) in [6, 6.07) is 9.61. The van der Waals surface area contributed by atoms with Crippen LogP contribution in [0.25, 0.3) is 0 Å². The molecule has 1 unspecified atom stereocenters. The number of benzene rings is 1. The normalized spacial score (nSPS) is 22.1. The highest BCUT2D eigenvalue weighted by molar-refractivity contribution is 6.00. The molecule has 122 valence electrons. The predicted octanol–water partition coefficient (Wildman–Crippen LogP) is 2.79. The SMILES string of the molecule is CC1=CC(=O)N(Cc2ccccc2)C1C(=O)NC1CCCCC1.